The molecule has 0 aromatic rings. The number of ether oxygens (including phenoxy) is 8. The lowest BCUT2D eigenvalue weighted by Gasteiger charge is -2.32. The highest BCUT2D eigenvalue weighted by atomic mass is 16.6. The fraction of sp³-hybridized carbons (Fsp3) is 0.556. The summed E-state index contributed by atoms with van der Waals surface area (Å²) in [6, 6.07) is 0. The Kier molecular flexibility index (Phi) is 20.0. The molecular weight excluding hydrogens is 716 g/mol. The summed E-state index contributed by atoms with van der Waals surface area (Å²) in [5.74, 6) is -4.60. The maximum Gasteiger partial charge on any atom is 0.407 e. The third kappa shape index (κ3) is 19.8. The van der Waals surface area contributed by atoms with Crippen LogP contribution in [0.15, 0.2) is 48.6 Å². The summed E-state index contributed by atoms with van der Waals surface area (Å²) in [5, 5.41) is 4.93. The maximum absolute atomic E-state index is 13.1. The molecule has 0 rings (SSSR count). The van der Waals surface area contributed by atoms with E-state index in [-0.39, 0.29) is 35.1 Å². The number of rotatable bonds is 23. The Hall–Kier alpha value is -5.68. The highest BCUT2D eigenvalue weighted by Crippen LogP contribution is 2.21. The average Bonchev–Trinajstić information content (AvgIpc) is 3.10. The fourth-order valence-electron chi connectivity index (χ4n) is 3.42. The number of hydrogen-bond acceptors (Lipinski definition) is 16. The number of carbonyl (C=O) groups is 8. The van der Waals surface area contributed by atoms with Gasteiger partial charge in [0, 0.05) is 22.3 Å². The summed E-state index contributed by atoms with van der Waals surface area (Å²) in [6.45, 7) is 20.3. The molecule has 0 atom stereocenters. The normalized spacial score (nSPS) is 11.0. The molecule has 0 heterocycles. The minimum Gasteiger partial charge on any atom is -0.469 e. The number of nitrogens with one attached hydrogen (secondary N) is 2. The first kappa shape index (κ1) is 48.3. The van der Waals surface area contributed by atoms with E-state index in [1.807, 2.05) is 0 Å². The molecule has 0 aliphatic heterocycles. The van der Waals surface area contributed by atoms with Gasteiger partial charge < -0.3 is 48.5 Å². The van der Waals surface area contributed by atoms with Crippen LogP contribution in [-0.2, 0) is 66.7 Å². The molecule has 54 heavy (non-hydrogen) atoms. The smallest absolute Gasteiger partial charge is 0.407 e. The monoisotopic (exact) mass is 768 g/mol. The van der Waals surface area contributed by atoms with Crippen molar-refractivity contribution in [3.8, 4) is 0 Å². The van der Waals surface area contributed by atoms with E-state index in [0.29, 0.717) is 0 Å². The second-order valence-corrected chi connectivity index (χ2v) is 13.5. The maximum atomic E-state index is 13.1. The van der Waals surface area contributed by atoms with Crippen molar-refractivity contribution in [3.63, 3.8) is 0 Å². The molecule has 0 aromatic carbocycles. The van der Waals surface area contributed by atoms with Crippen molar-refractivity contribution < 1.29 is 76.3 Å². The van der Waals surface area contributed by atoms with Gasteiger partial charge >= 0.3 is 48.0 Å². The first-order chi connectivity index (χ1) is 24.9. The minimum absolute atomic E-state index is 0.0702. The van der Waals surface area contributed by atoms with E-state index in [0.717, 1.165) is 7.11 Å². The Bertz CT molecular complexity index is 1330. The minimum atomic E-state index is -1.52. The van der Waals surface area contributed by atoms with Crippen LogP contribution in [0.2, 0.25) is 0 Å². The molecule has 0 radical (unpaired) electrons. The van der Waals surface area contributed by atoms with Crippen LogP contribution in [0.4, 0.5) is 9.59 Å². The molecule has 0 aliphatic rings. The van der Waals surface area contributed by atoms with E-state index >= 15 is 0 Å². The second-order valence-electron chi connectivity index (χ2n) is 13.5. The highest BCUT2D eigenvalue weighted by Gasteiger charge is 2.36. The van der Waals surface area contributed by atoms with Gasteiger partial charge in [-0.05, 0) is 48.5 Å². The lowest BCUT2D eigenvalue weighted by molar-refractivity contribution is -0.153. The number of esters is 6. The molecule has 0 spiro atoms. The Labute approximate surface area is 314 Å². The molecule has 0 aliphatic carbocycles. The van der Waals surface area contributed by atoms with Gasteiger partial charge in [0.1, 0.15) is 57.3 Å². The fourth-order valence-corrected chi connectivity index (χ4v) is 3.42. The molecule has 0 unspecified atom stereocenters. The van der Waals surface area contributed by atoms with Crippen LogP contribution in [-0.4, -0.2) is 112 Å². The quantitative estimate of drug-likeness (QED) is 0.0864. The standard InChI is InChI=1S/C36H52N2O16/c1-22(2)28(41)49-18-35(10,19-50-29(42)23(3)4)37-32(45)53-16-34(9,15-48-27(40)14-13-26(39)47-12)17-54-33(46)38-36(11,20-51-30(43)24(5)6)21-52-31(44)25(7)8/h1,3,5,7,13-21H2,2,4,6,8-12H3,(H,37,45)(H,38,46). The SMILES string of the molecule is C=C(C)C(=O)OCC(C)(COC(=O)C(=C)C)NC(=O)OCC(C)(COC(=O)CCC(=O)OC)COC(=O)NC(C)(COC(=O)C(=C)C)COC(=O)C(=C)C. The van der Waals surface area contributed by atoms with Gasteiger partial charge in [-0.2, -0.15) is 0 Å². The van der Waals surface area contributed by atoms with Crippen molar-refractivity contribution in [3.05, 3.63) is 48.6 Å². The molecule has 2 N–H and O–H groups in total. The van der Waals surface area contributed by atoms with Crippen molar-refractivity contribution in [2.45, 2.75) is 72.4 Å². The van der Waals surface area contributed by atoms with Crippen LogP contribution in [0, 0.1) is 5.41 Å². The summed E-state index contributed by atoms with van der Waals surface area (Å²) < 4.78 is 41.3. The van der Waals surface area contributed by atoms with Crippen molar-refractivity contribution in [1.29, 1.82) is 0 Å². The topological polar surface area (TPSA) is 234 Å². The molecule has 0 bridgehead atoms. The van der Waals surface area contributed by atoms with Gasteiger partial charge in [-0.15, -0.1) is 0 Å². The summed E-state index contributed by atoms with van der Waals surface area (Å²) >= 11 is 0. The largest absolute Gasteiger partial charge is 0.469 e. The van der Waals surface area contributed by atoms with E-state index in [4.69, 9.17) is 33.2 Å². The van der Waals surface area contributed by atoms with Crippen LogP contribution in [0.25, 0.3) is 0 Å². The Morgan fingerprint density at radius 2 is 0.722 bits per heavy atom. The van der Waals surface area contributed by atoms with Gasteiger partial charge in [0.05, 0.1) is 25.4 Å². The first-order valence-corrected chi connectivity index (χ1v) is 16.3. The van der Waals surface area contributed by atoms with Crippen LogP contribution in [0.3, 0.4) is 0 Å². The zero-order valence-corrected chi connectivity index (χ0v) is 32.2. The van der Waals surface area contributed by atoms with Crippen molar-refractivity contribution in [1.82, 2.24) is 10.6 Å². The molecule has 0 saturated carbocycles. The van der Waals surface area contributed by atoms with E-state index in [1.165, 1.54) is 48.5 Å². The van der Waals surface area contributed by atoms with Gasteiger partial charge in [-0.1, -0.05) is 26.3 Å². The molecule has 302 valence electrons. The predicted molar refractivity (Wildman–Crippen MR) is 189 cm³/mol. The Balaban J connectivity index is 6.06. The molecule has 2 amide bonds. The Morgan fingerprint density at radius 3 is 1.00 bits per heavy atom. The van der Waals surface area contributed by atoms with Crippen LogP contribution < -0.4 is 10.6 Å². The zero-order valence-electron chi connectivity index (χ0n) is 32.2. The molecule has 0 fully saturated rings. The number of amides is 2. The number of carbonyl (C=O) groups excluding carboxylic acids is 8. The molecule has 18 nitrogen and oxygen atoms in total. The summed E-state index contributed by atoms with van der Waals surface area (Å²) in [4.78, 5) is 98.2. The highest BCUT2D eigenvalue weighted by molar-refractivity contribution is 5.88. The summed E-state index contributed by atoms with van der Waals surface area (Å²) in [7, 11) is 1.15. The summed E-state index contributed by atoms with van der Waals surface area (Å²) in [6.07, 6.45) is -2.83. The average molecular weight is 769 g/mol. The number of alkyl carbamates (subject to hydrolysis) is 2. The summed E-state index contributed by atoms with van der Waals surface area (Å²) in [5.41, 5.74) is -4.21. The lowest BCUT2D eigenvalue weighted by Crippen LogP contribution is -2.55. The van der Waals surface area contributed by atoms with Crippen LogP contribution in [0.1, 0.15) is 61.3 Å². The van der Waals surface area contributed by atoms with Gasteiger partial charge in [0.2, 0.25) is 0 Å². The number of hydrogen-bond donors (Lipinski definition) is 2. The van der Waals surface area contributed by atoms with Gasteiger partial charge in [-0.3, -0.25) is 9.59 Å². The van der Waals surface area contributed by atoms with Crippen molar-refractivity contribution >= 4 is 48.0 Å². The first-order valence-electron chi connectivity index (χ1n) is 16.3. The molecule has 18 heteroatoms. The van der Waals surface area contributed by atoms with E-state index in [9.17, 15) is 38.4 Å². The lowest BCUT2D eigenvalue weighted by atomic mass is 9.94. The number of methoxy groups -OCH3 is 1. The van der Waals surface area contributed by atoms with E-state index < -0.39 is 111 Å². The van der Waals surface area contributed by atoms with Crippen LogP contribution >= 0.6 is 0 Å². The Morgan fingerprint density at radius 1 is 0.444 bits per heavy atom. The third-order valence-corrected chi connectivity index (χ3v) is 6.73. The van der Waals surface area contributed by atoms with Gasteiger partial charge in [0.15, 0.2) is 0 Å². The van der Waals surface area contributed by atoms with E-state index in [2.05, 4.69) is 41.7 Å². The van der Waals surface area contributed by atoms with Crippen LogP contribution in [0.5, 0.6) is 0 Å². The second kappa shape index (κ2) is 22.4. The van der Waals surface area contributed by atoms with E-state index in [1.54, 1.807) is 0 Å². The van der Waals surface area contributed by atoms with Crippen molar-refractivity contribution in [2.24, 2.45) is 5.41 Å². The van der Waals surface area contributed by atoms with Crippen molar-refractivity contribution in [2.75, 3.05) is 53.4 Å². The molecular formula is C36H52N2O16. The van der Waals surface area contributed by atoms with Gasteiger partial charge in [-0.25, -0.2) is 28.8 Å². The predicted octanol–water partition coefficient (Wildman–Crippen LogP) is 2.94. The zero-order chi connectivity index (χ0) is 41.9. The van der Waals surface area contributed by atoms with Gasteiger partial charge in [0.25, 0.3) is 0 Å². The molecule has 0 aromatic heterocycles. The third-order valence-electron chi connectivity index (χ3n) is 6.73. The molecule has 0 saturated heterocycles.